The van der Waals surface area contributed by atoms with Crippen LogP contribution in [0.5, 0.6) is 0 Å². The number of anilines is 1. The van der Waals surface area contributed by atoms with Crippen LogP contribution in [0, 0.1) is 13.7 Å². The van der Waals surface area contributed by atoms with Gasteiger partial charge in [-0.3, -0.25) is 10.1 Å². The van der Waals surface area contributed by atoms with Gasteiger partial charge in [-0.15, -0.1) is 0 Å². The number of aliphatic hydroxyl groups is 1. The number of hydrogen-bond donors (Lipinski definition) is 1. The van der Waals surface area contributed by atoms with Crippen LogP contribution in [0.3, 0.4) is 0 Å². The van der Waals surface area contributed by atoms with Gasteiger partial charge in [0.1, 0.15) is 0 Å². The second-order valence-electron chi connectivity index (χ2n) is 4.53. The molecule has 2 unspecified atom stereocenters. The third-order valence-corrected chi connectivity index (χ3v) is 4.03. The fourth-order valence-corrected chi connectivity index (χ4v) is 2.81. The van der Waals surface area contributed by atoms with Crippen molar-refractivity contribution in [1.82, 2.24) is 0 Å². The van der Waals surface area contributed by atoms with Crippen LogP contribution in [-0.4, -0.2) is 41.9 Å². The molecule has 19 heavy (non-hydrogen) atoms. The minimum atomic E-state index is -0.384. The molecular formula is C12H15IN2O4. The van der Waals surface area contributed by atoms with E-state index in [0.717, 1.165) is 5.69 Å². The molecule has 1 heterocycles. The van der Waals surface area contributed by atoms with Crippen molar-refractivity contribution in [3.63, 3.8) is 0 Å². The number of morpholine rings is 1. The summed E-state index contributed by atoms with van der Waals surface area (Å²) in [5.74, 6) is 0. The molecule has 0 spiro atoms. The summed E-state index contributed by atoms with van der Waals surface area (Å²) in [5, 5.41) is 20.0. The lowest BCUT2D eigenvalue weighted by atomic mass is 10.1. The molecule has 0 saturated carbocycles. The molecule has 1 aliphatic heterocycles. The van der Waals surface area contributed by atoms with Gasteiger partial charge in [-0.2, -0.15) is 0 Å². The number of ether oxygens (including phenoxy) is 1. The fraction of sp³-hybridized carbons (Fsp3) is 0.500. The highest BCUT2D eigenvalue weighted by molar-refractivity contribution is 14.1. The summed E-state index contributed by atoms with van der Waals surface area (Å²) in [6.07, 6.45) is -0.205. The number of hydrogen-bond acceptors (Lipinski definition) is 5. The van der Waals surface area contributed by atoms with Crippen molar-refractivity contribution in [2.45, 2.75) is 19.1 Å². The van der Waals surface area contributed by atoms with Crippen LogP contribution in [0.1, 0.15) is 6.92 Å². The van der Waals surface area contributed by atoms with Crippen molar-refractivity contribution < 1.29 is 14.8 Å². The quantitative estimate of drug-likeness (QED) is 0.493. The van der Waals surface area contributed by atoms with E-state index in [1.54, 1.807) is 12.1 Å². The van der Waals surface area contributed by atoms with Gasteiger partial charge in [0.25, 0.3) is 5.69 Å². The molecule has 6 nitrogen and oxygen atoms in total. The largest absolute Gasteiger partial charge is 0.394 e. The second-order valence-corrected chi connectivity index (χ2v) is 5.69. The van der Waals surface area contributed by atoms with Crippen molar-refractivity contribution in [3.05, 3.63) is 31.9 Å². The number of aliphatic hydroxyl groups excluding tert-OH is 1. The fourth-order valence-electron chi connectivity index (χ4n) is 2.11. The number of nitrogens with zero attached hydrogens (tertiary/aromatic N) is 2. The Morgan fingerprint density at radius 1 is 1.63 bits per heavy atom. The molecule has 1 fully saturated rings. The van der Waals surface area contributed by atoms with Gasteiger partial charge in [0.2, 0.25) is 0 Å². The zero-order valence-electron chi connectivity index (χ0n) is 10.5. The number of nitro benzene ring substituents is 1. The van der Waals surface area contributed by atoms with E-state index in [9.17, 15) is 15.2 Å². The van der Waals surface area contributed by atoms with Crippen molar-refractivity contribution >= 4 is 34.0 Å². The molecule has 1 saturated heterocycles. The average molecular weight is 378 g/mol. The van der Waals surface area contributed by atoms with Gasteiger partial charge < -0.3 is 14.7 Å². The molecule has 0 bridgehead atoms. The monoisotopic (exact) mass is 378 g/mol. The van der Waals surface area contributed by atoms with Crippen LogP contribution in [0.25, 0.3) is 0 Å². The van der Waals surface area contributed by atoms with E-state index >= 15 is 0 Å². The van der Waals surface area contributed by atoms with Gasteiger partial charge in [0.15, 0.2) is 0 Å². The highest BCUT2D eigenvalue weighted by Crippen LogP contribution is 2.28. The highest BCUT2D eigenvalue weighted by atomic mass is 127. The van der Waals surface area contributed by atoms with Gasteiger partial charge in [-0.25, -0.2) is 0 Å². The lowest BCUT2D eigenvalue weighted by Crippen LogP contribution is -2.49. The average Bonchev–Trinajstić information content (AvgIpc) is 2.38. The van der Waals surface area contributed by atoms with Crippen LogP contribution in [0.2, 0.25) is 0 Å². The van der Waals surface area contributed by atoms with Crippen molar-refractivity contribution in [1.29, 1.82) is 0 Å². The summed E-state index contributed by atoms with van der Waals surface area (Å²) in [6, 6.07) is 5.25. The van der Waals surface area contributed by atoms with Crippen LogP contribution >= 0.6 is 22.6 Å². The second kappa shape index (κ2) is 6.02. The first-order valence-corrected chi connectivity index (χ1v) is 7.04. The van der Waals surface area contributed by atoms with Crippen molar-refractivity contribution in [2.75, 3.05) is 24.7 Å². The molecule has 2 atom stereocenters. The molecule has 0 aliphatic carbocycles. The Morgan fingerprint density at radius 3 is 2.95 bits per heavy atom. The van der Waals surface area contributed by atoms with Gasteiger partial charge in [-0.05, 0) is 41.6 Å². The number of halogens is 1. The van der Waals surface area contributed by atoms with Crippen LogP contribution < -0.4 is 4.90 Å². The summed E-state index contributed by atoms with van der Waals surface area (Å²) in [4.78, 5) is 12.5. The first-order chi connectivity index (χ1) is 9.02. The lowest BCUT2D eigenvalue weighted by molar-refractivity contribution is -0.385. The summed E-state index contributed by atoms with van der Waals surface area (Å²) in [7, 11) is 0. The summed E-state index contributed by atoms with van der Waals surface area (Å²) in [6.45, 7) is 3.14. The van der Waals surface area contributed by atoms with E-state index in [2.05, 4.69) is 4.90 Å². The predicted octanol–water partition coefficient (Wildman–Crippen LogP) is 1.79. The van der Waals surface area contributed by atoms with Crippen LogP contribution in [0.15, 0.2) is 18.2 Å². The molecule has 0 amide bonds. The zero-order valence-corrected chi connectivity index (χ0v) is 12.6. The Bertz CT molecular complexity index is 483. The molecule has 104 valence electrons. The Morgan fingerprint density at radius 2 is 2.37 bits per heavy atom. The van der Waals surface area contributed by atoms with E-state index in [1.807, 2.05) is 29.5 Å². The van der Waals surface area contributed by atoms with Gasteiger partial charge in [0.05, 0.1) is 27.8 Å². The summed E-state index contributed by atoms with van der Waals surface area (Å²) in [5.41, 5.74) is 1.04. The van der Waals surface area contributed by atoms with Crippen LogP contribution in [-0.2, 0) is 4.74 Å². The molecule has 1 aromatic rings. The molecule has 1 N–H and O–H groups in total. The topological polar surface area (TPSA) is 75.8 Å². The Kier molecular flexibility index (Phi) is 4.58. The van der Waals surface area contributed by atoms with E-state index < -0.39 is 0 Å². The molecule has 0 aromatic heterocycles. The SMILES string of the molecule is CC1COC(CO)CN1c1ccc([N+](=O)[O-])c(I)c1. The first kappa shape index (κ1) is 14.5. The maximum Gasteiger partial charge on any atom is 0.282 e. The summed E-state index contributed by atoms with van der Waals surface area (Å²) >= 11 is 1.97. The number of nitro groups is 1. The third-order valence-electron chi connectivity index (χ3n) is 3.17. The standard InChI is InChI=1S/C12H15IN2O4/c1-8-7-19-10(6-16)5-14(8)9-2-3-12(15(17)18)11(13)4-9/h2-4,8,10,16H,5-7H2,1H3. The minimum absolute atomic E-state index is 0.0205. The molecular weight excluding hydrogens is 363 g/mol. The maximum absolute atomic E-state index is 10.8. The molecule has 1 aromatic carbocycles. The Labute approximate surface area is 124 Å². The first-order valence-electron chi connectivity index (χ1n) is 5.96. The van der Waals surface area contributed by atoms with E-state index in [0.29, 0.717) is 16.7 Å². The maximum atomic E-state index is 10.8. The van der Waals surface area contributed by atoms with E-state index in [1.165, 1.54) is 6.07 Å². The van der Waals surface area contributed by atoms with E-state index in [-0.39, 0.29) is 29.4 Å². The number of benzene rings is 1. The zero-order chi connectivity index (χ0) is 14.0. The lowest BCUT2D eigenvalue weighted by Gasteiger charge is -2.39. The molecule has 2 rings (SSSR count). The number of rotatable bonds is 3. The molecule has 1 aliphatic rings. The predicted molar refractivity (Wildman–Crippen MR) is 79.4 cm³/mol. The van der Waals surface area contributed by atoms with Gasteiger partial charge in [0, 0.05) is 24.3 Å². The Balaban J connectivity index is 2.25. The van der Waals surface area contributed by atoms with Gasteiger partial charge >= 0.3 is 0 Å². The normalized spacial score (nSPS) is 23.4. The molecule has 0 radical (unpaired) electrons. The van der Waals surface area contributed by atoms with Crippen molar-refractivity contribution in [3.8, 4) is 0 Å². The minimum Gasteiger partial charge on any atom is -0.394 e. The van der Waals surface area contributed by atoms with Crippen molar-refractivity contribution in [2.24, 2.45) is 0 Å². The summed E-state index contributed by atoms with van der Waals surface area (Å²) < 4.78 is 6.09. The van der Waals surface area contributed by atoms with Gasteiger partial charge in [-0.1, -0.05) is 0 Å². The van der Waals surface area contributed by atoms with Crippen LogP contribution in [0.4, 0.5) is 11.4 Å². The third kappa shape index (κ3) is 3.15. The van der Waals surface area contributed by atoms with E-state index in [4.69, 9.17) is 4.74 Å². The smallest absolute Gasteiger partial charge is 0.282 e. The molecule has 7 heteroatoms. The highest BCUT2D eigenvalue weighted by Gasteiger charge is 2.26. The Hall–Kier alpha value is -0.930.